The maximum absolute atomic E-state index is 12.5. The SMILES string of the molecule is CCC1CN(C(=O)C(C)c2ccccc2)CCC1O. The standard InChI is InChI=1S/C16H23NO2/c1-3-13-11-17(10-9-15(13)18)16(19)12(2)14-7-5-4-6-8-14/h4-8,12-13,15,18H,3,9-11H2,1-2H3. The molecule has 3 unspecified atom stereocenters. The summed E-state index contributed by atoms with van der Waals surface area (Å²) in [5.74, 6) is 0.297. The van der Waals surface area contributed by atoms with E-state index in [1.807, 2.05) is 42.2 Å². The first kappa shape index (κ1) is 14.1. The summed E-state index contributed by atoms with van der Waals surface area (Å²) in [6.07, 6.45) is 1.37. The van der Waals surface area contributed by atoms with Gasteiger partial charge in [0.15, 0.2) is 0 Å². The molecule has 0 saturated carbocycles. The van der Waals surface area contributed by atoms with E-state index in [4.69, 9.17) is 0 Å². The van der Waals surface area contributed by atoms with Gasteiger partial charge in [0.2, 0.25) is 5.91 Å². The molecular formula is C16H23NO2. The van der Waals surface area contributed by atoms with Crippen molar-refractivity contribution in [3.63, 3.8) is 0 Å². The molecule has 2 rings (SSSR count). The van der Waals surface area contributed by atoms with Crippen molar-refractivity contribution in [3.8, 4) is 0 Å². The molecule has 1 aromatic rings. The second kappa shape index (κ2) is 6.20. The summed E-state index contributed by atoms with van der Waals surface area (Å²) in [4.78, 5) is 14.4. The number of nitrogens with zero attached hydrogens (tertiary/aromatic N) is 1. The monoisotopic (exact) mass is 261 g/mol. The summed E-state index contributed by atoms with van der Waals surface area (Å²) in [6.45, 7) is 5.40. The summed E-state index contributed by atoms with van der Waals surface area (Å²) in [7, 11) is 0. The fourth-order valence-electron chi connectivity index (χ4n) is 2.78. The van der Waals surface area contributed by atoms with E-state index in [0.29, 0.717) is 19.5 Å². The average molecular weight is 261 g/mol. The maximum atomic E-state index is 12.5. The smallest absolute Gasteiger partial charge is 0.229 e. The Labute approximate surface area is 115 Å². The highest BCUT2D eigenvalue weighted by Gasteiger charge is 2.31. The van der Waals surface area contributed by atoms with Crippen molar-refractivity contribution in [1.82, 2.24) is 4.90 Å². The highest BCUT2D eigenvalue weighted by atomic mass is 16.3. The molecule has 1 amide bonds. The van der Waals surface area contributed by atoms with Crippen molar-refractivity contribution in [2.24, 2.45) is 5.92 Å². The van der Waals surface area contributed by atoms with Crippen molar-refractivity contribution < 1.29 is 9.90 Å². The molecule has 1 aliphatic heterocycles. The number of rotatable bonds is 3. The van der Waals surface area contributed by atoms with Crippen molar-refractivity contribution in [1.29, 1.82) is 0 Å². The summed E-state index contributed by atoms with van der Waals surface area (Å²) in [5, 5.41) is 9.89. The van der Waals surface area contributed by atoms with Crippen LogP contribution in [-0.2, 0) is 4.79 Å². The lowest BCUT2D eigenvalue weighted by atomic mass is 9.91. The third kappa shape index (κ3) is 3.16. The molecule has 1 aliphatic rings. The first-order valence-corrected chi connectivity index (χ1v) is 7.15. The van der Waals surface area contributed by atoms with E-state index in [2.05, 4.69) is 6.92 Å². The highest BCUT2D eigenvalue weighted by Crippen LogP contribution is 2.24. The first-order chi connectivity index (χ1) is 9.13. The van der Waals surface area contributed by atoms with Crippen LogP contribution in [0, 0.1) is 5.92 Å². The number of benzene rings is 1. The molecule has 104 valence electrons. The molecule has 3 nitrogen and oxygen atoms in total. The molecule has 0 spiro atoms. The van der Waals surface area contributed by atoms with Crippen molar-refractivity contribution in [2.75, 3.05) is 13.1 Å². The first-order valence-electron chi connectivity index (χ1n) is 7.15. The molecule has 19 heavy (non-hydrogen) atoms. The predicted octanol–water partition coefficient (Wildman–Crippen LogP) is 2.41. The van der Waals surface area contributed by atoms with Gasteiger partial charge >= 0.3 is 0 Å². The number of amides is 1. The Balaban J connectivity index is 2.04. The summed E-state index contributed by atoms with van der Waals surface area (Å²) < 4.78 is 0. The Hall–Kier alpha value is -1.35. The number of hydrogen-bond donors (Lipinski definition) is 1. The minimum Gasteiger partial charge on any atom is -0.393 e. The van der Waals surface area contributed by atoms with E-state index >= 15 is 0 Å². The van der Waals surface area contributed by atoms with E-state index in [0.717, 1.165) is 12.0 Å². The van der Waals surface area contributed by atoms with Gasteiger partial charge in [-0.25, -0.2) is 0 Å². The molecule has 1 N–H and O–H groups in total. The molecule has 0 aliphatic carbocycles. The minimum absolute atomic E-state index is 0.103. The van der Waals surface area contributed by atoms with E-state index in [9.17, 15) is 9.90 Å². The largest absolute Gasteiger partial charge is 0.393 e. The van der Waals surface area contributed by atoms with Gasteiger partial charge in [0.1, 0.15) is 0 Å². The van der Waals surface area contributed by atoms with Crippen LogP contribution in [0.4, 0.5) is 0 Å². The highest BCUT2D eigenvalue weighted by molar-refractivity contribution is 5.83. The number of hydrogen-bond acceptors (Lipinski definition) is 2. The third-order valence-electron chi connectivity index (χ3n) is 4.20. The Morgan fingerprint density at radius 3 is 2.74 bits per heavy atom. The van der Waals surface area contributed by atoms with Gasteiger partial charge in [-0.3, -0.25) is 4.79 Å². The van der Waals surface area contributed by atoms with E-state index in [1.165, 1.54) is 0 Å². The lowest BCUT2D eigenvalue weighted by Gasteiger charge is -2.37. The van der Waals surface area contributed by atoms with Gasteiger partial charge < -0.3 is 10.0 Å². The maximum Gasteiger partial charge on any atom is 0.229 e. The number of piperidine rings is 1. The van der Waals surface area contributed by atoms with Gasteiger partial charge in [-0.2, -0.15) is 0 Å². The Kier molecular flexibility index (Phi) is 4.59. The topological polar surface area (TPSA) is 40.5 Å². The van der Waals surface area contributed by atoms with Crippen LogP contribution in [0.15, 0.2) is 30.3 Å². The molecule has 0 bridgehead atoms. The zero-order chi connectivity index (χ0) is 13.8. The lowest BCUT2D eigenvalue weighted by Crippen LogP contribution is -2.47. The molecule has 3 atom stereocenters. The Bertz CT molecular complexity index is 418. The normalized spacial score (nSPS) is 25.1. The Morgan fingerprint density at radius 2 is 2.11 bits per heavy atom. The van der Waals surface area contributed by atoms with Crippen LogP contribution in [0.25, 0.3) is 0 Å². The van der Waals surface area contributed by atoms with Crippen LogP contribution in [-0.4, -0.2) is 35.1 Å². The Morgan fingerprint density at radius 1 is 1.42 bits per heavy atom. The number of aliphatic hydroxyl groups is 1. The number of carbonyl (C=O) groups excluding carboxylic acids is 1. The number of aliphatic hydroxyl groups excluding tert-OH is 1. The van der Waals surface area contributed by atoms with E-state index in [-0.39, 0.29) is 23.8 Å². The molecule has 1 fully saturated rings. The average Bonchev–Trinajstić information content (AvgIpc) is 2.47. The number of carbonyl (C=O) groups is 1. The summed E-state index contributed by atoms with van der Waals surface area (Å²) in [5.41, 5.74) is 1.06. The van der Waals surface area contributed by atoms with E-state index < -0.39 is 0 Å². The molecule has 0 aromatic heterocycles. The van der Waals surface area contributed by atoms with Crippen molar-refractivity contribution in [3.05, 3.63) is 35.9 Å². The molecule has 1 aromatic carbocycles. The third-order valence-corrected chi connectivity index (χ3v) is 4.20. The summed E-state index contributed by atoms with van der Waals surface area (Å²) >= 11 is 0. The quantitative estimate of drug-likeness (QED) is 0.907. The second-order valence-corrected chi connectivity index (χ2v) is 5.44. The van der Waals surface area contributed by atoms with Gasteiger partial charge in [-0.1, -0.05) is 37.3 Å². The zero-order valence-corrected chi connectivity index (χ0v) is 11.7. The van der Waals surface area contributed by atoms with Crippen molar-refractivity contribution >= 4 is 5.91 Å². The van der Waals surface area contributed by atoms with Crippen molar-refractivity contribution in [2.45, 2.75) is 38.7 Å². The van der Waals surface area contributed by atoms with Gasteiger partial charge in [0, 0.05) is 19.0 Å². The van der Waals surface area contributed by atoms with Gasteiger partial charge in [0.25, 0.3) is 0 Å². The van der Waals surface area contributed by atoms with Crippen LogP contribution in [0.3, 0.4) is 0 Å². The van der Waals surface area contributed by atoms with Crippen LogP contribution in [0.5, 0.6) is 0 Å². The molecule has 0 radical (unpaired) electrons. The van der Waals surface area contributed by atoms with E-state index in [1.54, 1.807) is 0 Å². The zero-order valence-electron chi connectivity index (χ0n) is 11.7. The van der Waals surface area contributed by atoms with Crippen LogP contribution in [0.2, 0.25) is 0 Å². The van der Waals surface area contributed by atoms with Crippen LogP contribution in [0.1, 0.15) is 38.2 Å². The minimum atomic E-state index is -0.249. The van der Waals surface area contributed by atoms with Crippen LogP contribution < -0.4 is 0 Å². The summed E-state index contributed by atoms with van der Waals surface area (Å²) in [6, 6.07) is 9.89. The number of likely N-dealkylation sites (tertiary alicyclic amines) is 1. The molecular weight excluding hydrogens is 238 g/mol. The van der Waals surface area contributed by atoms with Gasteiger partial charge in [-0.15, -0.1) is 0 Å². The molecule has 3 heteroatoms. The second-order valence-electron chi connectivity index (χ2n) is 5.44. The lowest BCUT2D eigenvalue weighted by molar-refractivity contribution is -0.136. The van der Waals surface area contributed by atoms with Crippen LogP contribution >= 0.6 is 0 Å². The fraction of sp³-hybridized carbons (Fsp3) is 0.562. The predicted molar refractivity (Wildman–Crippen MR) is 75.8 cm³/mol. The molecule has 1 saturated heterocycles. The van der Waals surface area contributed by atoms with Gasteiger partial charge in [-0.05, 0) is 25.3 Å². The fourth-order valence-corrected chi connectivity index (χ4v) is 2.78. The molecule has 1 heterocycles. The van der Waals surface area contributed by atoms with Gasteiger partial charge in [0.05, 0.1) is 12.0 Å².